The van der Waals surface area contributed by atoms with Gasteiger partial charge >= 0.3 is 0 Å². The normalized spacial score (nSPS) is 18.9. The lowest BCUT2D eigenvalue weighted by Gasteiger charge is -2.30. The lowest BCUT2D eigenvalue weighted by Crippen LogP contribution is -3.14. The van der Waals surface area contributed by atoms with Crippen LogP contribution < -0.4 is 15.4 Å². The summed E-state index contributed by atoms with van der Waals surface area (Å²) in [6.07, 6.45) is 4.12. The Labute approximate surface area is 104 Å². The van der Waals surface area contributed by atoms with Crippen LogP contribution in [0.25, 0.3) is 0 Å². The molecule has 2 rings (SSSR count). The Hall–Kier alpha value is -1.06. The molecule has 0 unspecified atom stereocenters. The molecule has 1 saturated heterocycles. The van der Waals surface area contributed by atoms with Crippen molar-refractivity contribution >= 4 is 0 Å². The molecule has 1 aromatic carbocycles. The molecule has 0 radical (unpaired) electrons. The highest BCUT2D eigenvalue weighted by atomic mass is 16.5. The van der Waals surface area contributed by atoms with Gasteiger partial charge in [-0.15, -0.1) is 0 Å². The third-order valence-electron chi connectivity index (χ3n) is 3.80. The van der Waals surface area contributed by atoms with Gasteiger partial charge in [0.2, 0.25) is 0 Å². The summed E-state index contributed by atoms with van der Waals surface area (Å²) < 4.78 is 5.21. The number of nitrogens with one attached hydrogen (secondary N) is 1. The third-order valence-corrected chi connectivity index (χ3v) is 3.80. The molecule has 0 aliphatic carbocycles. The van der Waals surface area contributed by atoms with Crippen LogP contribution in [0, 0.1) is 0 Å². The van der Waals surface area contributed by atoms with Crippen LogP contribution in [0.4, 0.5) is 0 Å². The molecule has 1 aliphatic heterocycles. The number of ether oxygens (including phenoxy) is 1. The van der Waals surface area contributed by atoms with Crippen molar-refractivity contribution in [2.24, 2.45) is 0 Å². The van der Waals surface area contributed by atoms with Gasteiger partial charge in [-0.05, 0) is 43.5 Å². The quantitative estimate of drug-likeness (QED) is 0.762. The Kier molecular flexibility index (Phi) is 4.40. The van der Waals surface area contributed by atoms with Crippen LogP contribution in [0.1, 0.15) is 30.9 Å². The monoisotopic (exact) mass is 236 g/mol. The van der Waals surface area contributed by atoms with Gasteiger partial charge in [0.05, 0.1) is 20.2 Å². The number of hydrogen-bond acceptors (Lipinski definition) is 1. The third kappa shape index (κ3) is 2.99. The molecule has 1 aromatic rings. The summed E-state index contributed by atoms with van der Waals surface area (Å²) in [5.41, 5.74) is 5.53. The summed E-state index contributed by atoms with van der Waals surface area (Å²) in [5.74, 6) is 0.935. The van der Waals surface area contributed by atoms with Crippen molar-refractivity contribution < 1.29 is 15.4 Å². The van der Waals surface area contributed by atoms with Gasteiger partial charge in [-0.2, -0.15) is 0 Å². The fraction of sp³-hybridized carbons (Fsp3) is 0.571. The van der Waals surface area contributed by atoms with Crippen LogP contribution in [0.15, 0.2) is 24.3 Å². The van der Waals surface area contributed by atoms with E-state index in [4.69, 9.17) is 4.74 Å². The van der Waals surface area contributed by atoms with Crippen LogP contribution in [-0.4, -0.2) is 26.7 Å². The van der Waals surface area contributed by atoms with E-state index in [1.54, 1.807) is 12.0 Å². The summed E-state index contributed by atoms with van der Waals surface area (Å²) in [4.78, 5) is 1.71. The second-order valence-corrected chi connectivity index (χ2v) is 4.83. The maximum atomic E-state index is 5.21. The predicted octanol–water partition coefficient (Wildman–Crippen LogP) is 0.0470. The molecule has 0 saturated carbocycles. The average molecular weight is 236 g/mol. The SMILES string of the molecule is COc1ccc([C@H](C[NH3+])[NH+]2CCCCC2)cc1. The molecule has 94 valence electrons. The lowest BCUT2D eigenvalue weighted by atomic mass is 10.0. The molecule has 0 spiro atoms. The molecular formula is C14H24N2O+2. The zero-order chi connectivity index (χ0) is 12.1. The van der Waals surface area contributed by atoms with Crippen molar-refractivity contribution in [1.29, 1.82) is 0 Å². The minimum atomic E-state index is 0.557. The van der Waals surface area contributed by atoms with Gasteiger partial charge in [0.25, 0.3) is 0 Å². The molecule has 0 amide bonds. The van der Waals surface area contributed by atoms with E-state index in [2.05, 4.69) is 30.0 Å². The van der Waals surface area contributed by atoms with E-state index in [-0.39, 0.29) is 0 Å². The number of hydrogen-bond donors (Lipinski definition) is 2. The second-order valence-electron chi connectivity index (χ2n) is 4.83. The number of benzene rings is 1. The Bertz CT molecular complexity index is 331. The van der Waals surface area contributed by atoms with Gasteiger partial charge in [-0.25, -0.2) is 0 Å². The van der Waals surface area contributed by atoms with E-state index < -0.39 is 0 Å². The van der Waals surface area contributed by atoms with Crippen LogP contribution in [0.5, 0.6) is 5.75 Å². The first-order valence-electron chi connectivity index (χ1n) is 6.63. The van der Waals surface area contributed by atoms with E-state index >= 15 is 0 Å². The van der Waals surface area contributed by atoms with E-state index in [9.17, 15) is 0 Å². The highest BCUT2D eigenvalue weighted by Crippen LogP contribution is 2.15. The van der Waals surface area contributed by atoms with Crippen molar-refractivity contribution in [3.05, 3.63) is 29.8 Å². The zero-order valence-corrected chi connectivity index (χ0v) is 10.7. The van der Waals surface area contributed by atoms with Crippen molar-refractivity contribution in [3.8, 4) is 5.75 Å². The number of piperidine rings is 1. The Morgan fingerprint density at radius 1 is 1.18 bits per heavy atom. The molecule has 1 aliphatic rings. The number of rotatable bonds is 4. The molecular weight excluding hydrogens is 212 g/mol. The largest absolute Gasteiger partial charge is 0.497 e. The standard InChI is InChI=1S/C14H22N2O/c1-17-13-7-5-12(6-8-13)14(11-15)16-9-3-2-4-10-16/h5-8,14H,2-4,9-11,15H2,1H3/p+2/t14-/m0/s1. The van der Waals surface area contributed by atoms with Crippen molar-refractivity contribution in [3.63, 3.8) is 0 Å². The van der Waals surface area contributed by atoms with Gasteiger partial charge in [0.1, 0.15) is 12.3 Å². The minimum Gasteiger partial charge on any atom is -0.497 e. The molecule has 17 heavy (non-hydrogen) atoms. The van der Waals surface area contributed by atoms with E-state index in [1.165, 1.54) is 37.9 Å². The lowest BCUT2D eigenvalue weighted by molar-refractivity contribution is -0.942. The topological polar surface area (TPSA) is 41.3 Å². The summed E-state index contributed by atoms with van der Waals surface area (Å²) in [7, 11) is 1.71. The molecule has 4 N–H and O–H groups in total. The Morgan fingerprint density at radius 3 is 2.35 bits per heavy atom. The van der Waals surface area contributed by atoms with Crippen molar-refractivity contribution in [2.45, 2.75) is 25.3 Å². The van der Waals surface area contributed by atoms with Gasteiger partial charge in [0, 0.05) is 5.56 Å². The first-order valence-corrected chi connectivity index (χ1v) is 6.63. The molecule has 1 atom stereocenters. The first-order chi connectivity index (χ1) is 8.35. The van der Waals surface area contributed by atoms with Gasteiger partial charge in [0.15, 0.2) is 6.04 Å². The molecule has 0 bridgehead atoms. The highest BCUT2D eigenvalue weighted by molar-refractivity contribution is 5.28. The first kappa shape index (κ1) is 12.4. The number of quaternary nitrogens is 2. The van der Waals surface area contributed by atoms with Gasteiger partial charge < -0.3 is 15.4 Å². The maximum absolute atomic E-state index is 5.21. The summed E-state index contributed by atoms with van der Waals surface area (Å²) in [5, 5.41) is 0. The van der Waals surface area contributed by atoms with Crippen LogP contribution >= 0.6 is 0 Å². The van der Waals surface area contributed by atoms with Crippen LogP contribution in [-0.2, 0) is 0 Å². The highest BCUT2D eigenvalue weighted by Gasteiger charge is 2.26. The molecule has 1 heterocycles. The summed E-state index contributed by atoms with van der Waals surface area (Å²) in [6, 6.07) is 9.05. The zero-order valence-electron chi connectivity index (χ0n) is 10.7. The predicted molar refractivity (Wildman–Crippen MR) is 68.0 cm³/mol. The van der Waals surface area contributed by atoms with Crippen molar-refractivity contribution in [1.82, 2.24) is 0 Å². The van der Waals surface area contributed by atoms with E-state index in [1.807, 2.05) is 0 Å². The summed E-state index contributed by atoms with van der Waals surface area (Å²) in [6.45, 7) is 3.57. The van der Waals surface area contributed by atoms with E-state index in [0.717, 1.165) is 12.3 Å². The Morgan fingerprint density at radius 2 is 1.82 bits per heavy atom. The Balaban J connectivity index is 2.10. The second kappa shape index (κ2) is 6.03. The number of likely N-dealkylation sites (tertiary alicyclic amines) is 1. The van der Waals surface area contributed by atoms with Crippen molar-refractivity contribution in [2.75, 3.05) is 26.7 Å². The molecule has 0 aromatic heterocycles. The molecule has 1 fully saturated rings. The van der Waals surface area contributed by atoms with Gasteiger partial charge in [-0.1, -0.05) is 0 Å². The van der Waals surface area contributed by atoms with Gasteiger partial charge in [-0.3, -0.25) is 0 Å². The van der Waals surface area contributed by atoms with Crippen LogP contribution in [0.2, 0.25) is 0 Å². The number of methoxy groups -OCH3 is 1. The molecule has 3 nitrogen and oxygen atoms in total. The van der Waals surface area contributed by atoms with Crippen LogP contribution in [0.3, 0.4) is 0 Å². The fourth-order valence-electron chi connectivity index (χ4n) is 2.80. The fourth-order valence-corrected chi connectivity index (χ4v) is 2.80. The van der Waals surface area contributed by atoms with E-state index in [0.29, 0.717) is 6.04 Å². The minimum absolute atomic E-state index is 0.557. The average Bonchev–Trinajstić information content (AvgIpc) is 2.42. The smallest absolute Gasteiger partial charge is 0.162 e. The summed E-state index contributed by atoms with van der Waals surface area (Å²) >= 11 is 0. The maximum Gasteiger partial charge on any atom is 0.162 e. The molecule has 3 heteroatoms.